The van der Waals surface area contributed by atoms with Crippen molar-refractivity contribution in [2.75, 3.05) is 26.9 Å². The third-order valence-electron chi connectivity index (χ3n) is 8.18. The zero-order valence-corrected chi connectivity index (χ0v) is 27.3. The van der Waals surface area contributed by atoms with Crippen LogP contribution in [0.1, 0.15) is 48.7 Å². The van der Waals surface area contributed by atoms with Gasteiger partial charge in [-0.05, 0) is 44.0 Å². The maximum absolute atomic E-state index is 14.4. The minimum atomic E-state index is -0.776. The van der Waals surface area contributed by atoms with Crippen LogP contribution < -0.4 is 19.6 Å². The molecule has 46 heavy (non-hydrogen) atoms. The predicted octanol–water partition coefficient (Wildman–Crippen LogP) is 5.53. The SMILES string of the molecule is CCCOc1ccccc1[C@@H]1C(C(=O)OCCOC)=C(C)N=c2s/c(=C/c3c(C)n(Cc4ccccc4)c4ccccc34)c(=O)n21. The van der Waals surface area contributed by atoms with Crippen LogP contribution in [0.2, 0.25) is 0 Å². The Morgan fingerprint density at radius 1 is 0.957 bits per heavy atom. The van der Waals surface area contributed by atoms with Crippen LogP contribution in [0.4, 0.5) is 0 Å². The van der Waals surface area contributed by atoms with Crippen LogP contribution in [0.5, 0.6) is 5.75 Å². The molecule has 0 amide bonds. The second-order valence-electron chi connectivity index (χ2n) is 11.2. The molecule has 9 heteroatoms. The first-order chi connectivity index (χ1) is 22.4. The quantitative estimate of drug-likeness (QED) is 0.141. The first-order valence-corrected chi connectivity index (χ1v) is 16.3. The van der Waals surface area contributed by atoms with Gasteiger partial charge in [-0.1, -0.05) is 85.0 Å². The summed E-state index contributed by atoms with van der Waals surface area (Å²) in [5.74, 6) is 0.0725. The summed E-state index contributed by atoms with van der Waals surface area (Å²) in [6, 6.07) is 25.4. The van der Waals surface area contributed by atoms with E-state index in [0.29, 0.717) is 45.1 Å². The Labute approximate surface area is 271 Å². The molecule has 0 radical (unpaired) electrons. The van der Waals surface area contributed by atoms with E-state index in [-0.39, 0.29) is 18.8 Å². The van der Waals surface area contributed by atoms with Gasteiger partial charge in [-0.15, -0.1) is 0 Å². The van der Waals surface area contributed by atoms with Gasteiger partial charge in [-0.2, -0.15) is 0 Å². The zero-order valence-electron chi connectivity index (χ0n) is 26.5. The molecule has 1 atom stereocenters. The van der Waals surface area contributed by atoms with Crippen LogP contribution in [-0.2, 0) is 20.8 Å². The smallest absolute Gasteiger partial charge is 0.338 e. The van der Waals surface area contributed by atoms with Crippen molar-refractivity contribution < 1.29 is 19.0 Å². The molecule has 0 spiro atoms. The summed E-state index contributed by atoms with van der Waals surface area (Å²) >= 11 is 1.32. The molecule has 0 N–H and O–H groups in total. The fraction of sp³-hybridized carbons (Fsp3) is 0.270. The first kappa shape index (κ1) is 31.3. The van der Waals surface area contributed by atoms with Gasteiger partial charge < -0.3 is 18.8 Å². The van der Waals surface area contributed by atoms with Crippen molar-refractivity contribution in [1.29, 1.82) is 0 Å². The molecule has 0 aliphatic carbocycles. The Kier molecular flexibility index (Phi) is 9.33. The highest BCUT2D eigenvalue weighted by Crippen LogP contribution is 2.36. The number of carbonyl (C=O) groups is 1. The van der Waals surface area contributed by atoms with Crippen molar-refractivity contribution in [1.82, 2.24) is 9.13 Å². The number of hydrogen-bond donors (Lipinski definition) is 0. The van der Waals surface area contributed by atoms with E-state index in [9.17, 15) is 9.59 Å². The van der Waals surface area contributed by atoms with Crippen LogP contribution >= 0.6 is 11.3 Å². The third kappa shape index (κ3) is 5.96. The highest BCUT2D eigenvalue weighted by Gasteiger charge is 2.35. The number of nitrogens with zero attached hydrogens (tertiary/aromatic N) is 3. The van der Waals surface area contributed by atoms with Gasteiger partial charge in [0.15, 0.2) is 4.80 Å². The van der Waals surface area contributed by atoms with Gasteiger partial charge in [0.05, 0.1) is 29.0 Å². The van der Waals surface area contributed by atoms with Gasteiger partial charge in [0.25, 0.3) is 5.56 Å². The molecule has 1 aliphatic heterocycles. The number of esters is 1. The first-order valence-electron chi connectivity index (χ1n) is 15.4. The van der Waals surface area contributed by atoms with Crippen molar-refractivity contribution in [2.24, 2.45) is 4.99 Å². The number of methoxy groups -OCH3 is 1. The number of thiazole rings is 1. The lowest BCUT2D eigenvalue weighted by Gasteiger charge is -2.26. The molecule has 1 aliphatic rings. The Bertz CT molecular complexity index is 2110. The summed E-state index contributed by atoms with van der Waals surface area (Å²) < 4.78 is 21.2. The number of ether oxygens (including phenoxy) is 3. The largest absolute Gasteiger partial charge is 0.493 e. The summed E-state index contributed by atoms with van der Waals surface area (Å²) in [6.45, 7) is 7.47. The van der Waals surface area contributed by atoms with Crippen LogP contribution in [0, 0.1) is 6.92 Å². The number of hydrogen-bond acceptors (Lipinski definition) is 7. The van der Waals surface area contributed by atoms with Crippen molar-refractivity contribution in [3.63, 3.8) is 0 Å². The van der Waals surface area contributed by atoms with E-state index in [4.69, 9.17) is 19.2 Å². The number of allylic oxidation sites excluding steroid dienone is 1. The Morgan fingerprint density at radius 3 is 2.48 bits per heavy atom. The topological polar surface area (TPSA) is 84.1 Å². The van der Waals surface area contributed by atoms with Gasteiger partial charge in [-0.3, -0.25) is 9.36 Å². The lowest BCUT2D eigenvalue weighted by atomic mass is 9.95. The molecule has 6 rings (SSSR count). The third-order valence-corrected chi connectivity index (χ3v) is 9.16. The Balaban J connectivity index is 1.53. The number of carbonyl (C=O) groups excluding carboxylic acids is 1. The lowest BCUT2D eigenvalue weighted by molar-refractivity contribution is -0.140. The van der Waals surface area contributed by atoms with Crippen LogP contribution in [0.25, 0.3) is 17.0 Å². The number of rotatable bonds is 11. The average Bonchev–Trinajstić information content (AvgIpc) is 3.52. The fourth-order valence-corrected chi connectivity index (χ4v) is 6.99. The molecule has 8 nitrogen and oxygen atoms in total. The van der Waals surface area contributed by atoms with Crippen molar-refractivity contribution >= 4 is 34.3 Å². The van der Waals surface area contributed by atoms with Crippen molar-refractivity contribution in [2.45, 2.75) is 39.8 Å². The highest BCUT2D eigenvalue weighted by molar-refractivity contribution is 7.07. The van der Waals surface area contributed by atoms with E-state index in [2.05, 4.69) is 35.8 Å². The molecule has 2 aromatic heterocycles. The second kappa shape index (κ2) is 13.7. The van der Waals surface area contributed by atoms with E-state index in [1.165, 1.54) is 16.9 Å². The Morgan fingerprint density at radius 2 is 1.70 bits per heavy atom. The zero-order chi connectivity index (χ0) is 32.2. The Hall–Kier alpha value is -4.73. The minimum absolute atomic E-state index is 0.0869. The maximum Gasteiger partial charge on any atom is 0.338 e. The molecule has 3 aromatic carbocycles. The van der Waals surface area contributed by atoms with Crippen LogP contribution in [-0.4, -0.2) is 42.0 Å². The molecule has 0 unspecified atom stereocenters. The molecular weight excluding hydrogens is 598 g/mol. The number of aromatic nitrogens is 2. The minimum Gasteiger partial charge on any atom is -0.493 e. The number of benzene rings is 3. The molecule has 3 heterocycles. The van der Waals surface area contributed by atoms with Crippen molar-refractivity contribution in [3.05, 3.63) is 132 Å². The average molecular weight is 636 g/mol. The highest BCUT2D eigenvalue weighted by atomic mass is 32.1. The van der Waals surface area contributed by atoms with Gasteiger partial charge >= 0.3 is 5.97 Å². The van der Waals surface area contributed by atoms with E-state index < -0.39 is 12.0 Å². The summed E-state index contributed by atoms with van der Waals surface area (Å²) in [5.41, 5.74) is 5.61. The maximum atomic E-state index is 14.4. The summed E-state index contributed by atoms with van der Waals surface area (Å²) in [4.78, 5) is 33.3. The van der Waals surface area contributed by atoms with E-state index in [1.807, 2.05) is 67.6 Å². The van der Waals surface area contributed by atoms with Gasteiger partial charge in [0.2, 0.25) is 0 Å². The molecular formula is C37H37N3O5S. The summed E-state index contributed by atoms with van der Waals surface area (Å²) in [6.07, 6.45) is 2.78. The summed E-state index contributed by atoms with van der Waals surface area (Å²) in [5, 5.41) is 1.07. The number of fused-ring (bicyclic) bond motifs is 2. The predicted molar refractivity (Wildman–Crippen MR) is 181 cm³/mol. The molecule has 0 bridgehead atoms. The molecule has 5 aromatic rings. The summed E-state index contributed by atoms with van der Waals surface area (Å²) in [7, 11) is 1.55. The van der Waals surface area contributed by atoms with E-state index in [1.54, 1.807) is 18.6 Å². The van der Waals surface area contributed by atoms with E-state index >= 15 is 0 Å². The van der Waals surface area contributed by atoms with Gasteiger partial charge in [-0.25, -0.2) is 9.79 Å². The lowest BCUT2D eigenvalue weighted by Crippen LogP contribution is -2.40. The number of para-hydroxylation sites is 2. The normalized spacial score (nSPS) is 14.8. The fourth-order valence-electron chi connectivity index (χ4n) is 5.96. The standard InChI is InChI=1S/C37H37N3O5S/c1-5-19-44-31-18-12-10-16-28(31)34-33(36(42)45-21-20-43-4)24(2)38-37-40(34)35(41)32(46-37)22-29-25(3)39(23-26-13-7-6-8-14-26)30-17-11-9-15-27(29)30/h6-18,22,34H,5,19-21,23H2,1-4H3/b32-22+/t34-/m1/s1. The van der Waals surface area contributed by atoms with Crippen molar-refractivity contribution in [3.8, 4) is 5.75 Å². The monoisotopic (exact) mass is 635 g/mol. The molecule has 0 saturated heterocycles. The van der Waals surface area contributed by atoms with E-state index in [0.717, 1.165) is 28.6 Å². The van der Waals surface area contributed by atoms with Gasteiger partial charge in [0, 0.05) is 41.4 Å². The molecule has 236 valence electrons. The second-order valence-corrected chi connectivity index (χ2v) is 12.2. The van der Waals surface area contributed by atoms with Crippen LogP contribution in [0.3, 0.4) is 0 Å². The molecule has 0 saturated carbocycles. The van der Waals surface area contributed by atoms with Crippen LogP contribution in [0.15, 0.2) is 99.9 Å². The molecule has 0 fully saturated rings. The van der Waals surface area contributed by atoms with Gasteiger partial charge in [0.1, 0.15) is 18.4 Å².